The average Bonchev–Trinajstić information content (AvgIpc) is 3.33. The molecule has 3 aliphatic rings. The van der Waals surface area contributed by atoms with Crippen LogP contribution < -0.4 is 9.80 Å². The number of halogens is 3. The highest BCUT2D eigenvalue weighted by atomic mass is 19.4. The molecule has 0 bridgehead atoms. The third kappa shape index (κ3) is 7.32. The molecule has 0 spiro atoms. The van der Waals surface area contributed by atoms with E-state index in [-0.39, 0.29) is 30.1 Å². The lowest BCUT2D eigenvalue weighted by molar-refractivity contribution is -0.144. The van der Waals surface area contributed by atoms with Crippen LogP contribution in [0.3, 0.4) is 0 Å². The van der Waals surface area contributed by atoms with Gasteiger partial charge in [0.05, 0.1) is 19.3 Å². The first-order valence-corrected chi connectivity index (χ1v) is 15.9. The van der Waals surface area contributed by atoms with Gasteiger partial charge in [-0.15, -0.1) is 0 Å². The topological polar surface area (TPSA) is 92.1 Å². The van der Waals surface area contributed by atoms with Crippen molar-refractivity contribution in [1.29, 1.82) is 0 Å². The zero-order chi connectivity index (χ0) is 32.7. The van der Waals surface area contributed by atoms with Crippen molar-refractivity contribution in [2.24, 2.45) is 0 Å². The van der Waals surface area contributed by atoms with Gasteiger partial charge in [0.25, 0.3) is 0 Å². The number of anilines is 2. The van der Waals surface area contributed by atoms with Crippen LogP contribution in [0.25, 0.3) is 0 Å². The number of hydrogen-bond acceptors (Lipinski definition) is 9. The van der Waals surface area contributed by atoms with E-state index in [2.05, 4.69) is 26.9 Å². The highest BCUT2D eigenvalue weighted by Gasteiger charge is 2.44. The molecule has 5 heterocycles. The molecule has 250 valence electrons. The molecule has 2 aromatic heterocycles. The minimum absolute atomic E-state index is 0.0272. The summed E-state index contributed by atoms with van der Waals surface area (Å²) >= 11 is 0. The van der Waals surface area contributed by atoms with Gasteiger partial charge >= 0.3 is 12.3 Å². The lowest BCUT2D eigenvalue weighted by Crippen LogP contribution is -2.68. The monoisotopic (exact) mass is 636 g/mol. The molecular weight excluding hydrogens is 589 g/mol. The minimum atomic E-state index is -4.66. The van der Waals surface area contributed by atoms with Gasteiger partial charge in [0.2, 0.25) is 5.82 Å². The van der Waals surface area contributed by atoms with Crippen molar-refractivity contribution in [2.45, 2.75) is 96.7 Å². The number of rotatable bonds is 7. The highest BCUT2D eigenvalue weighted by molar-refractivity contribution is 5.68. The number of amides is 1. The van der Waals surface area contributed by atoms with Crippen LogP contribution in [0.15, 0.2) is 12.3 Å². The van der Waals surface area contributed by atoms with E-state index in [4.69, 9.17) is 9.47 Å². The summed E-state index contributed by atoms with van der Waals surface area (Å²) in [5, 5.41) is 4.53. The summed E-state index contributed by atoms with van der Waals surface area (Å²) in [5.41, 5.74) is 1.74. The Bertz CT molecular complexity index is 1340. The number of hydrogen-bond donors (Lipinski definition) is 0. The van der Waals surface area contributed by atoms with Crippen molar-refractivity contribution >= 4 is 17.7 Å². The van der Waals surface area contributed by atoms with Crippen LogP contribution in [0.4, 0.5) is 29.6 Å². The number of piperazine rings is 1. The first-order chi connectivity index (χ1) is 21.2. The number of carbonyl (C=O) groups excluding carboxylic acids is 1. The van der Waals surface area contributed by atoms with Gasteiger partial charge in [-0.1, -0.05) is 0 Å². The molecule has 2 aromatic rings. The zero-order valence-corrected chi connectivity index (χ0v) is 27.5. The Balaban J connectivity index is 1.27. The molecule has 4 atom stereocenters. The Hall–Kier alpha value is -3.13. The van der Waals surface area contributed by atoms with Gasteiger partial charge in [-0.3, -0.25) is 9.58 Å². The van der Waals surface area contributed by atoms with E-state index in [0.29, 0.717) is 64.1 Å². The molecule has 5 rings (SSSR count). The van der Waals surface area contributed by atoms with E-state index in [1.54, 1.807) is 18.1 Å². The maximum atomic E-state index is 14.1. The summed E-state index contributed by atoms with van der Waals surface area (Å²) in [6.07, 6.45) is -1.55. The van der Waals surface area contributed by atoms with Crippen LogP contribution in [0.5, 0.6) is 0 Å². The van der Waals surface area contributed by atoms with Crippen molar-refractivity contribution in [3.63, 3.8) is 0 Å². The van der Waals surface area contributed by atoms with Crippen molar-refractivity contribution < 1.29 is 27.4 Å². The smallest absolute Gasteiger partial charge is 0.444 e. The molecule has 3 fully saturated rings. The predicted octanol–water partition coefficient (Wildman–Crippen LogP) is 4.55. The maximum absolute atomic E-state index is 14.1. The lowest BCUT2D eigenvalue weighted by atomic mass is 9.87. The summed E-state index contributed by atoms with van der Waals surface area (Å²) in [6, 6.07) is 1.80. The van der Waals surface area contributed by atoms with Crippen molar-refractivity contribution in [2.75, 3.05) is 62.8 Å². The Labute approximate surface area is 263 Å². The number of ether oxygens (including phenoxy) is 2. The number of alkyl halides is 3. The Morgan fingerprint density at radius 3 is 2.27 bits per heavy atom. The summed E-state index contributed by atoms with van der Waals surface area (Å²) < 4.78 is 55.0. The van der Waals surface area contributed by atoms with Crippen molar-refractivity contribution in [3.05, 3.63) is 29.3 Å². The van der Waals surface area contributed by atoms with Crippen molar-refractivity contribution in [3.8, 4) is 0 Å². The second kappa shape index (κ2) is 12.9. The predicted molar refractivity (Wildman–Crippen MR) is 165 cm³/mol. The van der Waals surface area contributed by atoms with Gasteiger partial charge in [0, 0.05) is 82.2 Å². The molecule has 0 aliphatic carbocycles. The van der Waals surface area contributed by atoms with Gasteiger partial charge in [0.15, 0.2) is 0 Å². The fourth-order valence-corrected chi connectivity index (χ4v) is 6.86. The van der Waals surface area contributed by atoms with Gasteiger partial charge in [-0.05, 0) is 59.9 Å². The number of aromatic nitrogens is 4. The molecule has 14 heteroatoms. The number of methoxy groups -OCH3 is 1. The Morgan fingerprint density at radius 2 is 1.69 bits per heavy atom. The quantitative estimate of drug-likeness (QED) is 0.434. The van der Waals surface area contributed by atoms with Crippen LogP contribution in [0.1, 0.15) is 70.5 Å². The molecule has 3 aliphatic heterocycles. The molecule has 0 N–H and O–H groups in total. The van der Waals surface area contributed by atoms with Crippen LogP contribution in [-0.4, -0.2) is 112 Å². The van der Waals surface area contributed by atoms with E-state index in [1.807, 2.05) is 55.3 Å². The fraction of sp³-hybridized carbons (Fsp3) is 0.742. The molecule has 45 heavy (non-hydrogen) atoms. The molecule has 1 unspecified atom stereocenters. The zero-order valence-electron chi connectivity index (χ0n) is 27.5. The van der Waals surface area contributed by atoms with E-state index in [0.717, 1.165) is 18.4 Å². The molecular formula is C31H47F3N8O3. The van der Waals surface area contributed by atoms with Gasteiger partial charge < -0.3 is 24.2 Å². The summed E-state index contributed by atoms with van der Waals surface area (Å²) in [7, 11) is 1.66. The van der Waals surface area contributed by atoms with Crippen LogP contribution >= 0.6 is 0 Å². The maximum Gasteiger partial charge on any atom is 0.451 e. The molecule has 11 nitrogen and oxygen atoms in total. The van der Waals surface area contributed by atoms with E-state index in [9.17, 15) is 18.0 Å². The minimum Gasteiger partial charge on any atom is -0.444 e. The van der Waals surface area contributed by atoms with E-state index in [1.165, 1.54) is 5.69 Å². The number of nitrogens with zero attached hydrogens (tertiary/aromatic N) is 8. The van der Waals surface area contributed by atoms with Gasteiger partial charge in [0.1, 0.15) is 17.2 Å². The highest BCUT2D eigenvalue weighted by Crippen LogP contribution is 2.39. The fourth-order valence-electron chi connectivity index (χ4n) is 6.86. The third-order valence-corrected chi connectivity index (χ3v) is 9.25. The van der Waals surface area contributed by atoms with E-state index >= 15 is 0 Å². The van der Waals surface area contributed by atoms with Gasteiger partial charge in [-0.2, -0.15) is 18.3 Å². The Kier molecular flexibility index (Phi) is 9.55. The molecule has 3 saturated heterocycles. The number of carbonyl (C=O) groups is 1. The van der Waals surface area contributed by atoms with Crippen LogP contribution in [-0.2, 0) is 22.2 Å². The number of piperidine rings is 1. The molecule has 1 amide bonds. The second-order valence-electron chi connectivity index (χ2n) is 13.6. The molecule has 0 saturated carbocycles. The molecule has 0 aromatic carbocycles. The normalized spacial score (nSPS) is 25.0. The summed E-state index contributed by atoms with van der Waals surface area (Å²) in [6.45, 7) is 16.5. The van der Waals surface area contributed by atoms with E-state index < -0.39 is 17.6 Å². The van der Waals surface area contributed by atoms with Gasteiger partial charge in [-0.25, -0.2) is 14.8 Å². The summed E-state index contributed by atoms with van der Waals surface area (Å²) in [4.78, 5) is 28.5. The lowest BCUT2D eigenvalue weighted by Gasteiger charge is -2.53. The third-order valence-electron chi connectivity index (χ3n) is 9.25. The second-order valence-corrected chi connectivity index (χ2v) is 13.6. The summed E-state index contributed by atoms with van der Waals surface area (Å²) in [5.74, 6) is -0.263. The van der Waals surface area contributed by atoms with Crippen molar-refractivity contribution in [1.82, 2.24) is 29.5 Å². The van der Waals surface area contributed by atoms with Crippen LogP contribution in [0.2, 0.25) is 0 Å². The largest absolute Gasteiger partial charge is 0.451 e. The average molecular weight is 637 g/mol. The number of aryl methyl sites for hydroxylation is 1. The molecule has 0 radical (unpaired) electrons. The first kappa shape index (κ1) is 33.2. The standard InChI is InChI=1S/C31H47F3N8O3/c1-20-18-35-42(14-15-44-7)27(20)23-8-9-40(21(2)16-23)25-17-26(37-28(36-25)31(32,33)34)41-19-24(22(41)3)38-10-12-39(13-11-38)29(43)45-30(4,5)6/h17-18,21-24H,8-16,19H2,1-7H3/t21-,22-,23?,24-/m1/s1. The van der Waals surface area contributed by atoms with Crippen LogP contribution in [0, 0.1) is 6.92 Å². The first-order valence-electron chi connectivity index (χ1n) is 15.9. The Morgan fingerprint density at radius 1 is 1.02 bits per heavy atom. The SMILES string of the molecule is COCCn1ncc(C)c1C1CCN(c2cc(N3C[C@@H](N4CCN(C(=O)OC(C)(C)C)CC4)[C@H]3C)nc(C(F)(F)F)n2)[C@H](C)C1.